The Kier molecular flexibility index (Phi) is 18.1. The number of hydrogen-bond donors (Lipinski definition) is 8. The molecule has 3 fully saturated rings. The van der Waals surface area contributed by atoms with Gasteiger partial charge in [-0.2, -0.15) is 0 Å². The molecular formula is C36H54N2O19. The molecule has 0 bridgehead atoms. The number of amides is 1. The first-order chi connectivity index (χ1) is 27.1. The molecule has 21 heteroatoms. The second-order valence-electron chi connectivity index (χ2n) is 14.2. The van der Waals surface area contributed by atoms with Gasteiger partial charge in [0.1, 0.15) is 66.4 Å². The number of aliphatic hydroxyl groups is 7. The molecule has 3 aliphatic rings. The predicted octanol–water partition coefficient (Wildman–Crippen LogP) is -1.53. The second-order valence-corrected chi connectivity index (χ2v) is 14.2. The fourth-order valence-electron chi connectivity index (χ4n) is 6.66. The Labute approximate surface area is 327 Å². The van der Waals surface area contributed by atoms with Crippen LogP contribution in [0, 0.1) is 10.1 Å². The van der Waals surface area contributed by atoms with Crippen LogP contribution in [0.5, 0.6) is 5.75 Å². The van der Waals surface area contributed by atoms with Crippen molar-refractivity contribution >= 4 is 23.3 Å². The molecule has 3 aliphatic heterocycles. The van der Waals surface area contributed by atoms with Crippen LogP contribution in [0.2, 0.25) is 0 Å². The lowest BCUT2D eigenvalue weighted by Crippen LogP contribution is -2.68. The normalized spacial score (nSPS) is 34.3. The summed E-state index contributed by atoms with van der Waals surface area (Å²) in [5.41, 5.74) is -0.135. The van der Waals surface area contributed by atoms with Crippen molar-refractivity contribution in [2.24, 2.45) is 0 Å². The van der Waals surface area contributed by atoms with Crippen LogP contribution in [0.3, 0.4) is 0 Å². The number of benzene rings is 1. The van der Waals surface area contributed by atoms with Crippen molar-refractivity contribution < 1.29 is 88.2 Å². The standard InChI is InChI=1S/C36H54N2O19/c1-18-29(45)23(43)15-27(52-18)56-34-33(57-35-28(37-19(2)41)32(48)30(46)24(16-39)54-35)31(47)25(17-40)55-36(34)51-14-6-5-8-21(42)7-3-4-9-26(44)53-22-12-10-20(11-13-22)38(49)50/h10-13,18,23-25,27-36,39-40,43,45-48H,3-9,14-17H2,1-2H3,(H,37,41)/t18?,23?,24?,25?,27-,28?,29+,30-,31-,32+,33-,34?,35+,36+/m0/s1. The number of non-ortho nitro benzene ring substituents is 1. The summed E-state index contributed by atoms with van der Waals surface area (Å²) in [4.78, 5) is 46.9. The van der Waals surface area contributed by atoms with Crippen molar-refractivity contribution in [2.45, 2.75) is 151 Å². The van der Waals surface area contributed by atoms with E-state index >= 15 is 0 Å². The maximum atomic E-state index is 12.5. The number of ether oxygens (including phenoxy) is 7. The number of nitrogens with one attached hydrogen (secondary N) is 1. The van der Waals surface area contributed by atoms with Gasteiger partial charge in [-0.25, -0.2) is 0 Å². The highest BCUT2D eigenvalue weighted by Gasteiger charge is 2.53. The van der Waals surface area contributed by atoms with Crippen LogP contribution < -0.4 is 10.1 Å². The van der Waals surface area contributed by atoms with E-state index in [1.165, 1.54) is 31.2 Å². The van der Waals surface area contributed by atoms with Crippen molar-refractivity contribution in [1.82, 2.24) is 5.32 Å². The Hall–Kier alpha value is -3.29. The smallest absolute Gasteiger partial charge is 0.311 e. The van der Waals surface area contributed by atoms with E-state index < -0.39 is 116 Å². The van der Waals surface area contributed by atoms with E-state index in [0.29, 0.717) is 25.7 Å². The molecule has 21 nitrogen and oxygen atoms in total. The van der Waals surface area contributed by atoms with Crippen molar-refractivity contribution in [3.8, 4) is 5.75 Å². The van der Waals surface area contributed by atoms with Gasteiger partial charge in [0.05, 0.1) is 30.3 Å². The van der Waals surface area contributed by atoms with Gasteiger partial charge < -0.3 is 74.2 Å². The SMILES string of the molecule is CC(=O)NC1[C@@H](O[C@@H]2C(O[C@H]3CC(O)[C@H](O)C(C)O3)[C@H](OCCCCC(=O)CCCCC(=O)Oc3ccc([N+](=O)[O-])cc3)OC(CO)[C@@H]2O)OC(CO)[C@H](O)[C@@H]1O. The number of carbonyl (C=O) groups excluding carboxylic acids is 3. The van der Waals surface area contributed by atoms with Crippen LogP contribution in [0.25, 0.3) is 0 Å². The molecule has 6 unspecified atom stereocenters. The van der Waals surface area contributed by atoms with Crippen LogP contribution in [0.15, 0.2) is 24.3 Å². The van der Waals surface area contributed by atoms with Crippen molar-refractivity contribution in [1.29, 1.82) is 0 Å². The van der Waals surface area contributed by atoms with Crippen molar-refractivity contribution in [3.63, 3.8) is 0 Å². The molecule has 0 aliphatic carbocycles. The molecule has 3 heterocycles. The predicted molar refractivity (Wildman–Crippen MR) is 190 cm³/mol. The minimum Gasteiger partial charge on any atom is -0.427 e. The van der Waals surface area contributed by atoms with E-state index in [2.05, 4.69) is 5.32 Å². The number of unbranched alkanes of at least 4 members (excludes halogenated alkanes) is 2. The van der Waals surface area contributed by atoms with Gasteiger partial charge in [0.2, 0.25) is 5.91 Å². The van der Waals surface area contributed by atoms with Gasteiger partial charge in [0, 0.05) is 51.3 Å². The minimum absolute atomic E-state index is 0.0114. The summed E-state index contributed by atoms with van der Waals surface area (Å²) < 4.78 is 40.8. The molecule has 1 amide bonds. The molecule has 0 spiro atoms. The quantitative estimate of drug-likeness (QED) is 0.0243. The number of nitro benzene ring substituents is 1. The number of ketones is 1. The summed E-state index contributed by atoms with van der Waals surface area (Å²) in [6.07, 6.45) is -16.3. The van der Waals surface area contributed by atoms with Crippen LogP contribution in [-0.2, 0) is 42.8 Å². The third kappa shape index (κ3) is 13.1. The van der Waals surface area contributed by atoms with Crippen molar-refractivity contribution in [3.05, 3.63) is 34.4 Å². The topological polar surface area (TPSA) is 313 Å². The molecule has 322 valence electrons. The highest BCUT2D eigenvalue weighted by molar-refractivity contribution is 5.78. The number of nitro groups is 1. The molecule has 14 atom stereocenters. The van der Waals surface area contributed by atoms with Crippen LogP contribution >= 0.6 is 0 Å². The molecular weight excluding hydrogens is 764 g/mol. The first-order valence-corrected chi connectivity index (χ1v) is 18.9. The summed E-state index contributed by atoms with van der Waals surface area (Å²) in [5, 5.41) is 86.4. The van der Waals surface area contributed by atoms with Gasteiger partial charge in [-0.15, -0.1) is 0 Å². The van der Waals surface area contributed by atoms with E-state index in [9.17, 15) is 60.2 Å². The zero-order chi connectivity index (χ0) is 41.8. The van der Waals surface area contributed by atoms with Gasteiger partial charge in [-0.05, 0) is 44.7 Å². The summed E-state index contributed by atoms with van der Waals surface area (Å²) in [6.45, 7) is 1.18. The molecule has 1 aromatic carbocycles. The third-order valence-corrected chi connectivity index (χ3v) is 9.82. The molecule has 0 aromatic heterocycles. The van der Waals surface area contributed by atoms with Gasteiger partial charge in [-0.3, -0.25) is 24.5 Å². The molecule has 57 heavy (non-hydrogen) atoms. The number of aliphatic hydroxyl groups excluding tert-OH is 7. The molecule has 0 radical (unpaired) electrons. The van der Waals surface area contributed by atoms with Gasteiger partial charge in [0.25, 0.3) is 5.69 Å². The maximum Gasteiger partial charge on any atom is 0.311 e. The Morgan fingerprint density at radius 3 is 2.04 bits per heavy atom. The summed E-state index contributed by atoms with van der Waals surface area (Å²) >= 11 is 0. The molecule has 1 aromatic rings. The summed E-state index contributed by atoms with van der Waals surface area (Å²) in [5.74, 6) is -1.04. The first kappa shape index (κ1) is 46.4. The Morgan fingerprint density at radius 2 is 1.42 bits per heavy atom. The molecule has 8 N–H and O–H groups in total. The average molecular weight is 819 g/mol. The van der Waals surface area contributed by atoms with E-state index in [1.54, 1.807) is 0 Å². The molecule has 4 rings (SSSR count). The Morgan fingerprint density at radius 1 is 0.807 bits per heavy atom. The lowest BCUT2D eigenvalue weighted by atomic mass is 9.95. The van der Waals surface area contributed by atoms with E-state index in [1.807, 2.05) is 0 Å². The lowest BCUT2D eigenvalue weighted by molar-refractivity contribution is -0.384. The number of esters is 1. The van der Waals surface area contributed by atoms with Gasteiger partial charge in [0.15, 0.2) is 18.9 Å². The Bertz CT molecular complexity index is 1440. The van der Waals surface area contributed by atoms with Crippen LogP contribution in [0.1, 0.15) is 65.2 Å². The number of nitrogens with zero attached hydrogens (tertiary/aromatic N) is 1. The van der Waals surface area contributed by atoms with E-state index in [-0.39, 0.29) is 49.5 Å². The number of hydrogen-bond acceptors (Lipinski definition) is 19. The summed E-state index contributed by atoms with van der Waals surface area (Å²) in [6, 6.07) is 3.69. The highest BCUT2D eigenvalue weighted by atomic mass is 16.8. The fourth-order valence-corrected chi connectivity index (χ4v) is 6.66. The first-order valence-electron chi connectivity index (χ1n) is 18.9. The van der Waals surface area contributed by atoms with Gasteiger partial charge >= 0.3 is 5.97 Å². The fraction of sp³-hybridized carbons (Fsp3) is 0.750. The van der Waals surface area contributed by atoms with Crippen LogP contribution in [-0.4, -0.2) is 164 Å². The zero-order valence-corrected chi connectivity index (χ0v) is 31.6. The minimum atomic E-state index is -1.69. The monoisotopic (exact) mass is 818 g/mol. The second kappa shape index (κ2) is 22.2. The van der Waals surface area contributed by atoms with Crippen LogP contribution in [0.4, 0.5) is 5.69 Å². The lowest BCUT2D eigenvalue weighted by Gasteiger charge is -2.49. The molecule has 3 saturated heterocycles. The average Bonchev–Trinajstić information content (AvgIpc) is 3.17. The maximum absolute atomic E-state index is 12.5. The zero-order valence-electron chi connectivity index (χ0n) is 31.6. The summed E-state index contributed by atoms with van der Waals surface area (Å²) in [7, 11) is 0. The molecule has 0 saturated carbocycles. The van der Waals surface area contributed by atoms with E-state index in [0.717, 1.165) is 6.92 Å². The Balaban J connectivity index is 1.34. The highest BCUT2D eigenvalue weighted by Crippen LogP contribution is 2.34. The van der Waals surface area contributed by atoms with E-state index in [4.69, 9.17) is 33.2 Å². The number of Topliss-reactive ketones (excluding diaryl/α,β-unsaturated/α-hetero) is 1. The third-order valence-electron chi connectivity index (χ3n) is 9.82. The largest absolute Gasteiger partial charge is 0.427 e. The van der Waals surface area contributed by atoms with Gasteiger partial charge in [-0.1, -0.05) is 0 Å². The number of rotatable bonds is 20. The number of carbonyl (C=O) groups is 3. The van der Waals surface area contributed by atoms with Crippen molar-refractivity contribution in [2.75, 3.05) is 19.8 Å².